The van der Waals surface area contributed by atoms with Crippen LogP contribution < -0.4 is 17.2 Å². The van der Waals surface area contributed by atoms with E-state index in [4.69, 9.17) is 17.2 Å². The predicted molar refractivity (Wildman–Crippen MR) is 172 cm³/mol. The van der Waals surface area contributed by atoms with Crippen LogP contribution in [-0.2, 0) is 31.8 Å². The molecule has 0 aromatic heterocycles. The van der Waals surface area contributed by atoms with Gasteiger partial charge in [-0.2, -0.15) is 0 Å². The van der Waals surface area contributed by atoms with Gasteiger partial charge in [0.05, 0.1) is 0 Å². The first-order valence-electron chi connectivity index (χ1n) is 15.8. The normalized spacial score (nSPS) is 11.9. The summed E-state index contributed by atoms with van der Waals surface area (Å²) in [6.07, 6.45) is 25.1. The number of carbonyl (C=O) groups is 3. The number of rotatable bonds is 19. The predicted octanol–water partition coefficient (Wildman–Crippen LogP) is 8.12. The first-order valence-corrected chi connectivity index (χ1v) is 20.0. The van der Waals surface area contributed by atoms with Crippen molar-refractivity contribution < 1.29 is 31.8 Å². The Morgan fingerprint density at radius 3 is 1.10 bits per heavy atom. The van der Waals surface area contributed by atoms with E-state index >= 15 is 0 Å². The molecule has 0 atom stereocenters. The zero-order valence-electron chi connectivity index (χ0n) is 27.0. The first-order chi connectivity index (χ1) is 18.8. The van der Waals surface area contributed by atoms with E-state index < -0.39 is 8.07 Å². The van der Waals surface area contributed by atoms with Crippen molar-refractivity contribution in [3.8, 4) is 0 Å². The molecule has 0 heterocycles. The van der Waals surface area contributed by atoms with Gasteiger partial charge in [-0.05, 0) is 19.3 Å². The van der Waals surface area contributed by atoms with E-state index in [1.54, 1.807) is 5.20 Å². The van der Waals surface area contributed by atoms with Gasteiger partial charge in [-0.15, -0.1) is 0 Å². The molecule has 1 rings (SSSR count). The number of primary amides is 3. The van der Waals surface area contributed by atoms with Crippen LogP contribution in [0.1, 0.15) is 143 Å². The molecule has 3 amide bonds. The van der Waals surface area contributed by atoms with E-state index in [-0.39, 0.29) is 17.7 Å². The fourth-order valence-corrected chi connectivity index (χ4v) is 7.32. The van der Waals surface area contributed by atoms with Crippen LogP contribution in [0.3, 0.4) is 0 Å². The molecular formula is C32H64N3O3SiV. The first kappa shape index (κ1) is 43.1. The maximum atomic E-state index is 10.3. The van der Waals surface area contributed by atoms with Crippen LogP contribution in [0.25, 0.3) is 0 Å². The number of nitrogens with two attached hydrogens (primary N) is 3. The Morgan fingerprint density at radius 2 is 0.925 bits per heavy atom. The maximum absolute atomic E-state index is 10.3. The van der Waals surface area contributed by atoms with Gasteiger partial charge in [0.1, 0.15) is 0 Å². The zero-order chi connectivity index (χ0) is 31.2. The van der Waals surface area contributed by atoms with Gasteiger partial charge in [-0.1, -0.05) is 97.8 Å². The number of allylic oxidation sites excluding steroid dienone is 4. The summed E-state index contributed by atoms with van der Waals surface area (Å²) >= 11 is 2.70. The molecule has 40 heavy (non-hydrogen) atoms. The van der Waals surface area contributed by atoms with Crippen molar-refractivity contribution in [2.75, 3.05) is 0 Å². The van der Waals surface area contributed by atoms with Gasteiger partial charge in [0.25, 0.3) is 0 Å². The van der Waals surface area contributed by atoms with Gasteiger partial charge < -0.3 is 17.2 Å². The van der Waals surface area contributed by atoms with E-state index in [0.717, 1.165) is 38.5 Å². The number of hydrogen-bond acceptors (Lipinski definition) is 3. The summed E-state index contributed by atoms with van der Waals surface area (Å²) in [6.45, 7) is 13.7. The van der Waals surface area contributed by atoms with Crippen LogP contribution in [0.5, 0.6) is 0 Å². The molecule has 1 aliphatic rings. The summed E-state index contributed by atoms with van der Waals surface area (Å²) in [4.78, 5) is 30.8. The monoisotopic (exact) mass is 617 g/mol. The molecule has 0 fully saturated rings. The third-order valence-corrected chi connectivity index (χ3v) is 9.38. The quantitative estimate of drug-likeness (QED) is 0.0999. The minimum absolute atomic E-state index is 0.170. The molecule has 0 aromatic rings. The van der Waals surface area contributed by atoms with Gasteiger partial charge in [0.15, 0.2) is 0 Å². The van der Waals surface area contributed by atoms with Crippen LogP contribution in [-0.4, -0.2) is 25.8 Å². The summed E-state index contributed by atoms with van der Waals surface area (Å²) in [7, 11) is -1.01. The number of amides is 3. The van der Waals surface area contributed by atoms with Crippen LogP contribution in [0.4, 0.5) is 0 Å². The molecule has 6 N–H and O–H groups in total. The molecular weight excluding hydrogens is 553 g/mol. The second-order valence-electron chi connectivity index (χ2n) is 11.6. The topological polar surface area (TPSA) is 129 Å². The Bertz CT molecular complexity index is 647. The molecule has 0 aromatic carbocycles. The van der Waals surface area contributed by atoms with Gasteiger partial charge >= 0.3 is 73.2 Å². The SMILES string of the molecule is CCCCCCCC(N)=O.CCCCCCCC(N)=O.CCCCCCCC(N)=O.C[Si](C)(C)C1=[C]([V])CC=C1. The Balaban J connectivity index is -0.000000456. The Kier molecular flexibility index (Phi) is 33.1. The van der Waals surface area contributed by atoms with Gasteiger partial charge in [-0.3, -0.25) is 14.4 Å². The summed E-state index contributed by atoms with van der Waals surface area (Å²) in [6, 6.07) is 0. The van der Waals surface area contributed by atoms with Crippen molar-refractivity contribution >= 4 is 25.8 Å². The van der Waals surface area contributed by atoms with Gasteiger partial charge in [0, 0.05) is 19.3 Å². The van der Waals surface area contributed by atoms with E-state index in [1.165, 1.54) is 68.5 Å². The van der Waals surface area contributed by atoms with Crippen molar-refractivity contribution in [3.63, 3.8) is 0 Å². The van der Waals surface area contributed by atoms with Crippen molar-refractivity contribution in [1.82, 2.24) is 0 Å². The third kappa shape index (κ3) is 36.7. The van der Waals surface area contributed by atoms with Gasteiger partial charge in [-0.25, -0.2) is 0 Å². The van der Waals surface area contributed by atoms with Crippen LogP contribution in [0, 0.1) is 0 Å². The van der Waals surface area contributed by atoms with Crippen molar-refractivity contribution in [1.29, 1.82) is 0 Å². The molecule has 0 aliphatic heterocycles. The summed E-state index contributed by atoms with van der Waals surface area (Å²) < 4.78 is 1.53. The fraction of sp³-hybridized carbons (Fsp3) is 0.781. The molecule has 1 aliphatic carbocycles. The van der Waals surface area contributed by atoms with Gasteiger partial charge in [0.2, 0.25) is 17.7 Å². The standard InChI is InChI=1S/3C8H17NO.C8H13Si.V/c3*1-2-3-4-5-6-7-8(9)10;1-9(2,3)8-6-4-5-7-8;/h3*2-7H2,1H3,(H2,9,10);4,6H,5H2,1-3H3;. The zero-order valence-corrected chi connectivity index (χ0v) is 29.4. The molecule has 0 radical (unpaired) electrons. The Morgan fingerprint density at radius 1 is 0.625 bits per heavy atom. The average Bonchev–Trinajstić information content (AvgIpc) is 3.31. The van der Waals surface area contributed by atoms with E-state index in [9.17, 15) is 14.4 Å². The van der Waals surface area contributed by atoms with Crippen molar-refractivity contribution in [2.45, 2.75) is 162 Å². The second kappa shape index (κ2) is 30.6. The summed E-state index contributed by atoms with van der Waals surface area (Å²) in [5.41, 5.74) is 14.9. The van der Waals surface area contributed by atoms with Crippen LogP contribution >= 0.6 is 0 Å². The minimum atomic E-state index is -1.01. The molecule has 8 heteroatoms. The molecule has 0 unspecified atom stereocenters. The summed E-state index contributed by atoms with van der Waals surface area (Å²) in [5.74, 6) is -0.510. The molecule has 0 bridgehead atoms. The van der Waals surface area contributed by atoms with E-state index in [2.05, 4.69) is 70.0 Å². The second-order valence-corrected chi connectivity index (χ2v) is 17.5. The Hall–Kier alpha value is -1.31. The molecule has 234 valence electrons. The Labute approximate surface area is 258 Å². The van der Waals surface area contributed by atoms with E-state index in [1.807, 2.05) is 0 Å². The van der Waals surface area contributed by atoms with Crippen molar-refractivity contribution in [2.24, 2.45) is 17.2 Å². The fourth-order valence-electron chi connectivity index (χ4n) is 3.89. The van der Waals surface area contributed by atoms with E-state index in [0.29, 0.717) is 19.3 Å². The molecule has 0 saturated heterocycles. The average molecular weight is 618 g/mol. The van der Waals surface area contributed by atoms with Crippen LogP contribution in [0.15, 0.2) is 21.6 Å². The van der Waals surface area contributed by atoms with Crippen molar-refractivity contribution in [3.05, 3.63) is 21.6 Å². The van der Waals surface area contributed by atoms with Crippen LogP contribution in [0.2, 0.25) is 19.6 Å². The third-order valence-electron chi connectivity index (χ3n) is 6.29. The summed E-state index contributed by atoms with van der Waals surface area (Å²) in [5, 5.41) is 1.63. The molecule has 0 spiro atoms. The number of hydrogen-bond donors (Lipinski definition) is 3. The molecule has 0 saturated carbocycles. The molecule has 6 nitrogen and oxygen atoms in total. The number of unbranched alkanes of at least 4 members (excludes halogenated alkanes) is 12. The number of carbonyl (C=O) groups excluding carboxylic acids is 3.